The average Bonchev–Trinajstić information content (AvgIpc) is 3.39. The van der Waals surface area contributed by atoms with Crippen LogP contribution in [0.3, 0.4) is 0 Å². The van der Waals surface area contributed by atoms with Crippen molar-refractivity contribution in [3.05, 3.63) is 58.6 Å². The zero-order valence-corrected chi connectivity index (χ0v) is 16.1. The molecule has 2 aliphatic rings. The van der Waals surface area contributed by atoms with E-state index in [1.165, 1.54) is 12.1 Å². The molecule has 0 radical (unpaired) electrons. The Morgan fingerprint density at radius 3 is 2.63 bits per heavy atom. The summed E-state index contributed by atoms with van der Waals surface area (Å²) in [6, 6.07) is 14.0. The number of fused-ring (bicyclic) bond motifs is 1. The number of nitro groups is 1. The van der Waals surface area contributed by atoms with Crippen LogP contribution in [0, 0.1) is 10.1 Å². The van der Waals surface area contributed by atoms with Crippen molar-refractivity contribution in [1.29, 1.82) is 0 Å². The van der Waals surface area contributed by atoms with Crippen LogP contribution in [0.15, 0.2) is 58.9 Å². The molecule has 30 heavy (non-hydrogen) atoms. The summed E-state index contributed by atoms with van der Waals surface area (Å²) in [5, 5.41) is 30.4. The van der Waals surface area contributed by atoms with Gasteiger partial charge in [0.15, 0.2) is 0 Å². The van der Waals surface area contributed by atoms with Gasteiger partial charge in [-0.05, 0) is 24.3 Å². The van der Waals surface area contributed by atoms with Crippen LogP contribution in [0.1, 0.15) is 0 Å². The molecule has 1 aromatic heterocycles. The topological polar surface area (TPSA) is 114 Å². The van der Waals surface area contributed by atoms with Gasteiger partial charge >= 0.3 is 0 Å². The van der Waals surface area contributed by atoms with E-state index in [1.807, 2.05) is 34.0 Å². The predicted molar refractivity (Wildman–Crippen MR) is 108 cm³/mol. The Hall–Kier alpha value is -3.44. The molecule has 2 unspecified atom stereocenters. The molecule has 0 amide bonds. The van der Waals surface area contributed by atoms with Crippen molar-refractivity contribution in [2.75, 3.05) is 31.3 Å². The number of aromatic nitrogens is 3. The van der Waals surface area contributed by atoms with Crippen LogP contribution in [-0.4, -0.2) is 63.3 Å². The number of nitrogens with zero attached hydrogens (tertiary/aromatic N) is 8. The summed E-state index contributed by atoms with van der Waals surface area (Å²) in [6.45, 7) is 3.37. The van der Waals surface area contributed by atoms with Crippen LogP contribution in [0.4, 0.5) is 11.4 Å². The Bertz CT molecular complexity index is 1080. The molecule has 0 saturated carbocycles. The van der Waals surface area contributed by atoms with Crippen LogP contribution in [0.25, 0.3) is 11.0 Å². The molecule has 0 N–H and O–H groups in total. The number of anilines is 1. The predicted octanol–water partition coefficient (Wildman–Crippen LogP) is 2.25. The standard InChI is InChI=1S/C19H20N8O3/c28-27(29)15-7-5-14(6-8-15)26-18(19(21-23-26)24-9-11-30-12-10-24)13-25-17-4-2-1-3-16(17)20-22-25/h1-8,18-19H,9-13H2. The molecule has 1 saturated heterocycles. The number of morpholine rings is 1. The molecule has 5 rings (SSSR count). The first-order valence-electron chi connectivity index (χ1n) is 9.75. The lowest BCUT2D eigenvalue weighted by atomic mass is 10.1. The largest absolute Gasteiger partial charge is 0.379 e. The number of rotatable bonds is 5. The molecule has 0 spiro atoms. The lowest BCUT2D eigenvalue weighted by Crippen LogP contribution is -2.51. The van der Waals surface area contributed by atoms with Crippen LogP contribution in [0.2, 0.25) is 0 Å². The summed E-state index contributed by atoms with van der Waals surface area (Å²) in [5.41, 5.74) is 2.55. The van der Waals surface area contributed by atoms with Crippen molar-refractivity contribution >= 4 is 22.4 Å². The summed E-state index contributed by atoms with van der Waals surface area (Å²) in [4.78, 5) is 12.8. The van der Waals surface area contributed by atoms with E-state index in [1.54, 1.807) is 12.1 Å². The number of hydrogen-bond donors (Lipinski definition) is 0. The Balaban J connectivity index is 1.47. The highest BCUT2D eigenvalue weighted by molar-refractivity contribution is 5.73. The van der Waals surface area contributed by atoms with Gasteiger partial charge in [-0.2, -0.15) is 0 Å². The molecule has 1 fully saturated rings. The summed E-state index contributed by atoms with van der Waals surface area (Å²) in [6.07, 6.45) is -0.174. The van der Waals surface area contributed by atoms with E-state index in [4.69, 9.17) is 4.74 Å². The highest BCUT2D eigenvalue weighted by Crippen LogP contribution is 2.30. The fourth-order valence-electron chi connectivity index (χ4n) is 3.91. The number of nitro benzene ring substituents is 1. The van der Waals surface area contributed by atoms with E-state index in [2.05, 4.69) is 25.5 Å². The second-order valence-corrected chi connectivity index (χ2v) is 7.21. The van der Waals surface area contributed by atoms with Crippen molar-refractivity contribution in [1.82, 2.24) is 19.9 Å². The summed E-state index contributed by atoms with van der Waals surface area (Å²) >= 11 is 0. The van der Waals surface area contributed by atoms with E-state index in [0.717, 1.165) is 29.8 Å². The maximum absolute atomic E-state index is 11.0. The van der Waals surface area contributed by atoms with Crippen LogP contribution in [0.5, 0.6) is 0 Å². The summed E-state index contributed by atoms with van der Waals surface area (Å²) in [5.74, 6) is 0. The van der Waals surface area contributed by atoms with Gasteiger partial charge in [-0.25, -0.2) is 9.69 Å². The number of ether oxygens (including phenoxy) is 1. The van der Waals surface area contributed by atoms with Gasteiger partial charge in [0.1, 0.15) is 17.7 Å². The maximum Gasteiger partial charge on any atom is 0.269 e. The Morgan fingerprint density at radius 1 is 1.10 bits per heavy atom. The van der Waals surface area contributed by atoms with Gasteiger partial charge in [-0.1, -0.05) is 22.6 Å². The van der Waals surface area contributed by atoms with E-state index >= 15 is 0 Å². The summed E-state index contributed by atoms with van der Waals surface area (Å²) in [7, 11) is 0. The quantitative estimate of drug-likeness (QED) is 0.470. The van der Waals surface area contributed by atoms with Gasteiger partial charge < -0.3 is 4.74 Å². The molecule has 3 aromatic rings. The first-order valence-corrected chi connectivity index (χ1v) is 9.75. The molecule has 3 heterocycles. The van der Waals surface area contributed by atoms with Gasteiger partial charge in [-0.15, -0.1) is 10.2 Å². The molecular formula is C19H20N8O3. The molecule has 0 bridgehead atoms. The normalized spacial score (nSPS) is 22.1. The number of hydrogen-bond acceptors (Lipinski definition) is 9. The second kappa shape index (κ2) is 7.76. The zero-order chi connectivity index (χ0) is 20.5. The summed E-state index contributed by atoms with van der Waals surface area (Å²) < 4.78 is 7.35. The van der Waals surface area contributed by atoms with Crippen LogP contribution < -0.4 is 5.01 Å². The van der Waals surface area contributed by atoms with E-state index in [0.29, 0.717) is 19.8 Å². The van der Waals surface area contributed by atoms with Crippen molar-refractivity contribution in [3.8, 4) is 0 Å². The maximum atomic E-state index is 11.0. The molecule has 2 atom stereocenters. The third-order valence-electron chi connectivity index (χ3n) is 5.45. The van der Waals surface area contributed by atoms with Crippen molar-refractivity contribution in [2.45, 2.75) is 18.8 Å². The van der Waals surface area contributed by atoms with Crippen molar-refractivity contribution in [2.24, 2.45) is 10.3 Å². The van der Waals surface area contributed by atoms with Gasteiger partial charge in [0.2, 0.25) is 0 Å². The lowest BCUT2D eigenvalue weighted by Gasteiger charge is -2.34. The third kappa shape index (κ3) is 3.37. The number of non-ortho nitro benzene ring substituents is 1. The minimum atomic E-state index is -0.412. The lowest BCUT2D eigenvalue weighted by molar-refractivity contribution is -0.384. The zero-order valence-electron chi connectivity index (χ0n) is 16.1. The van der Waals surface area contributed by atoms with E-state index in [9.17, 15) is 10.1 Å². The fourth-order valence-corrected chi connectivity index (χ4v) is 3.91. The Morgan fingerprint density at radius 2 is 1.87 bits per heavy atom. The number of para-hydroxylation sites is 1. The smallest absolute Gasteiger partial charge is 0.269 e. The van der Waals surface area contributed by atoms with Gasteiger partial charge in [0.05, 0.1) is 35.9 Å². The van der Waals surface area contributed by atoms with E-state index < -0.39 is 4.92 Å². The SMILES string of the molecule is O=[N+]([O-])c1ccc(N2N=NC(N3CCOCC3)C2Cn2nnc3ccccc32)cc1. The van der Waals surface area contributed by atoms with Crippen molar-refractivity contribution in [3.63, 3.8) is 0 Å². The highest BCUT2D eigenvalue weighted by atomic mass is 16.6. The Kier molecular flexibility index (Phi) is 4.81. The van der Waals surface area contributed by atoms with E-state index in [-0.39, 0.29) is 17.9 Å². The molecule has 11 heteroatoms. The molecule has 11 nitrogen and oxygen atoms in total. The minimum absolute atomic E-state index is 0.0402. The van der Waals surface area contributed by atoms with Gasteiger partial charge in [-0.3, -0.25) is 15.0 Å². The molecule has 154 valence electrons. The second-order valence-electron chi connectivity index (χ2n) is 7.21. The molecular weight excluding hydrogens is 388 g/mol. The third-order valence-corrected chi connectivity index (χ3v) is 5.45. The van der Waals surface area contributed by atoms with Gasteiger partial charge in [0, 0.05) is 25.2 Å². The monoisotopic (exact) mass is 408 g/mol. The first kappa shape index (κ1) is 18.6. The van der Waals surface area contributed by atoms with Crippen LogP contribution >= 0.6 is 0 Å². The Labute approximate surface area is 171 Å². The fraction of sp³-hybridized carbons (Fsp3) is 0.368. The van der Waals surface area contributed by atoms with Crippen molar-refractivity contribution < 1.29 is 9.66 Å². The highest BCUT2D eigenvalue weighted by Gasteiger charge is 2.39. The van der Waals surface area contributed by atoms with Gasteiger partial charge in [0.25, 0.3) is 5.69 Å². The minimum Gasteiger partial charge on any atom is -0.379 e. The van der Waals surface area contributed by atoms with Crippen LogP contribution in [-0.2, 0) is 11.3 Å². The first-order chi connectivity index (χ1) is 14.7. The number of benzene rings is 2. The molecule has 0 aliphatic carbocycles. The average molecular weight is 408 g/mol. The molecule has 2 aromatic carbocycles. The molecule has 2 aliphatic heterocycles.